The fraction of sp³-hybridized carbons (Fsp3) is 0.265. The third-order valence-corrected chi connectivity index (χ3v) is 8.43. The van der Waals surface area contributed by atoms with Gasteiger partial charge in [0.1, 0.15) is 18.4 Å². The number of carbonyl (C=O) groups excluding carboxylic acids is 1. The lowest BCUT2D eigenvalue weighted by atomic mass is 9.90. The van der Waals surface area contributed by atoms with Crippen molar-refractivity contribution in [2.45, 2.75) is 32.7 Å². The Bertz CT molecular complexity index is 2000. The Kier molecular flexibility index (Phi) is 9.43. The quantitative estimate of drug-likeness (QED) is 0.172. The number of thiazole rings is 1. The number of methoxy groups -OCH3 is 2. The van der Waals surface area contributed by atoms with Crippen LogP contribution >= 0.6 is 22.9 Å². The summed E-state index contributed by atoms with van der Waals surface area (Å²) in [7, 11) is 3.07. The predicted octanol–water partition coefficient (Wildman–Crippen LogP) is 5.41. The van der Waals surface area contributed by atoms with E-state index in [2.05, 4.69) is 5.92 Å². The first-order valence-electron chi connectivity index (χ1n) is 14.1. The van der Waals surface area contributed by atoms with Gasteiger partial charge in [0.15, 0.2) is 16.3 Å². The Morgan fingerprint density at radius 2 is 1.91 bits per heavy atom. The fourth-order valence-electron chi connectivity index (χ4n) is 5.36. The van der Waals surface area contributed by atoms with Crippen LogP contribution in [0.3, 0.4) is 0 Å². The molecule has 226 valence electrons. The number of allylic oxidation sites excluding steroid dienone is 1. The van der Waals surface area contributed by atoms with E-state index in [1.54, 1.807) is 36.8 Å². The molecule has 1 aliphatic rings. The average molecular weight is 631 g/mol. The molecule has 1 atom stereocenters. The number of carbonyl (C=O) groups is 1. The molecule has 0 spiro atoms. The van der Waals surface area contributed by atoms with Crippen molar-refractivity contribution >= 4 is 45.8 Å². The molecule has 8 nitrogen and oxygen atoms in total. The van der Waals surface area contributed by atoms with E-state index < -0.39 is 12.0 Å². The summed E-state index contributed by atoms with van der Waals surface area (Å²) in [6, 6.07) is 14.2. The van der Waals surface area contributed by atoms with Gasteiger partial charge in [-0.3, -0.25) is 9.36 Å². The summed E-state index contributed by atoms with van der Waals surface area (Å²) in [6.45, 7) is 3.97. The molecule has 0 bridgehead atoms. The highest BCUT2D eigenvalue weighted by Crippen LogP contribution is 2.41. The Hall–Kier alpha value is -4.52. The summed E-state index contributed by atoms with van der Waals surface area (Å²) in [5.74, 6) is 3.12. The molecule has 0 saturated heterocycles. The third-order valence-electron chi connectivity index (χ3n) is 7.17. The SMILES string of the molecule is C#CCOc1c(Cl)cc(C=c2sc3n(c2=O)[C@H](c2c(OC)ccc4ccccc24)C(C(=O)OCC)=C(CCC)N=3)cc1OC. The third kappa shape index (κ3) is 5.71. The molecule has 0 N–H and O–H groups in total. The van der Waals surface area contributed by atoms with Gasteiger partial charge in [0, 0.05) is 5.56 Å². The maximum atomic E-state index is 14.3. The van der Waals surface area contributed by atoms with E-state index in [0.29, 0.717) is 55.4 Å². The van der Waals surface area contributed by atoms with Gasteiger partial charge in [-0.25, -0.2) is 9.79 Å². The summed E-state index contributed by atoms with van der Waals surface area (Å²) in [5.41, 5.74) is 1.88. The van der Waals surface area contributed by atoms with Crippen LogP contribution in [-0.2, 0) is 9.53 Å². The van der Waals surface area contributed by atoms with Gasteiger partial charge in [0.05, 0.1) is 41.7 Å². The van der Waals surface area contributed by atoms with E-state index in [1.807, 2.05) is 43.3 Å². The highest BCUT2D eigenvalue weighted by molar-refractivity contribution is 7.07. The normalized spacial score (nSPS) is 14.5. The fourth-order valence-corrected chi connectivity index (χ4v) is 6.65. The molecule has 3 aromatic carbocycles. The Morgan fingerprint density at radius 3 is 2.61 bits per heavy atom. The number of nitrogens with zero attached hydrogens (tertiary/aromatic N) is 2. The number of terminal acetylenes is 1. The second-order valence-corrected chi connectivity index (χ2v) is 11.3. The maximum Gasteiger partial charge on any atom is 0.338 e. The first-order chi connectivity index (χ1) is 21.4. The van der Waals surface area contributed by atoms with Crippen molar-refractivity contribution in [2.24, 2.45) is 4.99 Å². The van der Waals surface area contributed by atoms with Crippen LogP contribution in [0.1, 0.15) is 43.9 Å². The number of halogens is 1. The summed E-state index contributed by atoms with van der Waals surface area (Å²) in [6.07, 6.45) is 8.32. The van der Waals surface area contributed by atoms with Crippen LogP contribution in [0.2, 0.25) is 5.02 Å². The lowest BCUT2D eigenvalue weighted by Gasteiger charge is -2.28. The van der Waals surface area contributed by atoms with Gasteiger partial charge in [-0.15, -0.1) is 6.42 Å². The van der Waals surface area contributed by atoms with E-state index in [1.165, 1.54) is 18.4 Å². The standard InChI is InChI=1S/C34H31ClN2O6S/c1-6-11-24-29(33(39)42-8-3)30(28-22-13-10-9-12-21(22)14-15-25(28)40-4)37-32(38)27(44-34(37)36-24)19-20-17-23(35)31(43-16-7-2)26(18-20)41-5/h2,9-10,12-15,17-19,30H,6,8,11,16H2,1,3-5H3/t30-/m1/s1. The Morgan fingerprint density at radius 1 is 1.14 bits per heavy atom. The zero-order chi connectivity index (χ0) is 31.4. The molecule has 0 fully saturated rings. The molecule has 10 heteroatoms. The number of fused-ring (bicyclic) bond motifs is 2. The van der Waals surface area contributed by atoms with Crippen molar-refractivity contribution in [1.29, 1.82) is 0 Å². The van der Waals surface area contributed by atoms with Gasteiger partial charge in [-0.05, 0) is 54.0 Å². The minimum absolute atomic E-state index is 0.0224. The molecular formula is C34H31ClN2O6S. The topological polar surface area (TPSA) is 88.4 Å². The zero-order valence-corrected chi connectivity index (χ0v) is 26.4. The number of hydrogen-bond acceptors (Lipinski definition) is 8. The van der Waals surface area contributed by atoms with Crippen LogP contribution in [-0.4, -0.2) is 38.0 Å². The molecule has 1 aliphatic heterocycles. The summed E-state index contributed by atoms with van der Waals surface area (Å²) in [5, 5.41) is 2.08. The van der Waals surface area contributed by atoms with Crippen LogP contribution < -0.4 is 29.1 Å². The van der Waals surface area contributed by atoms with E-state index in [-0.39, 0.29) is 23.8 Å². The van der Waals surface area contributed by atoms with Gasteiger partial charge in [-0.1, -0.05) is 72.5 Å². The van der Waals surface area contributed by atoms with E-state index in [9.17, 15) is 9.59 Å². The first kappa shape index (κ1) is 30.9. The minimum Gasteiger partial charge on any atom is -0.496 e. The van der Waals surface area contributed by atoms with Gasteiger partial charge >= 0.3 is 5.97 Å². The number of rotatable bonds is 10. The van der Waals surface area contributed by atoms with Crippen LogP contribution in [0, 0.1) is 12.3 Å². The summed E-state index contributed by atoms with van der Waals surface area (Å²) < 4.78 is 24.4. The second kappa shape index (κ2) is 13.4. The molecule has 4 aromatic rings. The van der Waals surface area contributed by atoms with Crippen molar-refractivity contribution in [3.05, 3.63) is 95.6 Å². The number of benzene rings is 3. The van der Waals surface area contributed by atoms with Crippen LogP contribution in [0.4, 0.5) is 0 Å². The zero-order valence-electron chi connectivity index (χ0n) is 24.8. The van der Waals surface area contributed by atoms with E-state index in [0.717, 1.165) is 17.2 Å². The van der Waals surface area contributed by atoms with Crippen molar-refractivity contribution in [2.75, 3.05) is 27.4 Å². The highest BCUT2D eigenvalue weighted by Gasteiger charge is 2.37. The van der Waals surface area contributed by atoms with Crippen molar-refractivity contribution in [3.8, 4) is 29.6 Å². The monoisotopic (exact) mass is 630 g/mol. The molecule has 0 amide bonds. The summed E-state index contributed by atoms with van der Waals surface area (Å²) >= 11 is 7.75. The molecule has 1 aromatic heterocycles. The maximum absolute atomic E-state index is 14.3. The van der Waals surface area contributed by atoms with E-state index in [4.69, 9.17) is 42.0 Å². The largest absolute Gasteiger partial charge is 0.496 e. The van der Waals surface area contributed by atoms with Gasteiger partial charge in [-0.2, -0.15) is 0 Å². The lowest BCUT2D eigenvalue weighted by molar-refractivity contribution is -0.139. The molecule has 0 aliphatic carbocycles. The lowest BCUT2D eigenvalue weighted by Crippen LogP contribution is -2.40. The summed E-state index contributed by atoms with van der Waals surface area (Å²) in [4.78, 5) is 33.3. The second-order valence-electron chi connectivity index (χ2n) is 9.84. The van der Waals surface area contributed by atoms with Gasteiger partial charge in [0.2, 0.25) is 0 Å². The van der Waals surface area contributed by atoms with E-state index >= 15 is 0 Å². The smallest absolute Gasteiger partial charge is 0.338 e. The van der Waals surface area contributed by atoms with Crippen LogP contribution in [0.15, 0.2) is 69.6 Å². The van der Waals surface area contributed by atoms with Crippen molar-refractivity contribution in [1.82, 2.24) is 4.57 Å². The van der Waals surface area contributed by atoms with Crippen LogP contribution in [0.5, 0.6) is 17.2 Å². The first-order valence-corrected chi connectivity index (χ1v) is 15.3. The van der Waals surface area contributed by atoms with Crippen molar-refractivity contribution < 1.29 is 23.7 Å². The minimum atomic E-state index is -0.840. The molecule has 0 unspecified atom stereocenters. The number of esters is 1. The molecule has 0 saturated carbocycles. The van der Waals surface area contributed by atoms with Crippen LogP contribution in [0.25, 0.3) is 16.8 Å². The number of aromatic nitrogens is 1. The molecule has 5 rings (SSSR count). The average Bonchev–Trinajstić information content (AvgIpc) is 3.33. The molecule has 2 heterocycles. The Balaban J connectivity index is 1.82. The number of hydrogen-bond donors (Lipinski definition) is 0. The van der Waals surface area contributed by atoms with Gasteiger partial charge < -0.3 is 18.9 Å². The predicted molar refractivity (Wildman–Crippen MR) is 172 cm³/mol. The molecule has 0 radical (unpaired) electrons. The highest BCUT2D eigenvalue weighted by atomic mass is 35.5. The molecular weight excluding hydrogens is 600 g/mol. The van der Waals surface area contributed by atoms with Gasteiger partial charge in [0.25, 0.3) is 5.56 Å². The Labute approximate surface area is 263 Å². The molecule has 44 heavy (non-hydrogen) atoms. The number of ether oxygens (including phenoxy) is 4. The van der Waals surface area contributed by atoms with Crippen molar-refractivity contribution in [3.63, 3.8) is 0 Å².